The third kappa shape index (κ3) is 1.97. The lowest BCUT2D eigenvalue weighted by Gasteiger charge is -2.21. The van der Waals surface area contributed by atoms with E-state index in [2.05, 4.69) is 35.6 Å². The maximum atomic E-state index is 6.17. The predicted octanol–water partition coefficient (Wildman–Crippen LogP) is 2.43. The second-order valence-corrected chi connectivity index (χ2v) is 4.59. The average molecular weight is 205 g/mol. The molecule has 82 valence electrons. The zero-order valence-corrected chi connectivity index (χ0v) is 9.43. The van der Waals surface area contributed by atoms with E-state index < -0.39 is 0 Å². The van der Waals surface area contributed by atoms with Gasteiger partial charge in [0.05, 0.1) is 12.0 Å². The first kappa shape index (κ1) is 10.4. The molecule has 1 aliphatic carbocycles. The van der Waals surface area contributed by atoms with Crippen molar-refractivity contribution >= 4 is 0 Å². The van der Waals surface area contributed by atoms with Crippen LogP contribution in [-0.2, 0) is 0 Å². The summed E-state index contributed by atoms with van der Waals surface area (Å²) in [6.45, 7) is 4.30. The highest BCUT2D eigenvalue weighted by Gasteiger charge is 2.20. The van der Waals surface area contributed by atoms with Crippen LogP contribution in [-0.4, -0.2) is 9.55 Å². The second kappa shape index (κ2) is 4.19. The van der Waals surface area contributed by atoms with Crippen molar-refractivity contribution in [3.05, 3.63) is 30.4 Å². The summed E-state index contributed by atoms with van der Waals surface area (Å²) in [5, 5.41) is 0. The molecule has 0 radical (unpaired) electrons. The van der Waals surface area contributed by atoms with Gasteiger partial charge >= 0.3 is 0 Å². The summed E-state index contributed by atoms with van der Waals surface area (Å²) >= 11 is 0. The van der Waals surface area contributed by atoms with Gasteiger partial charge in [0.25, 0.3) is 0 Å². The summed E-state index contributed by atoms with van der Waals surface area (Å²) < 4.78 is 2.24. The zero-order valence-electron chi connectivity index (χ0n) is 9.43. The number of hydrogen-bond acceptors (Lipinski definition) is 2. The number of allylic oxidation sites excluding steroid dienone is 2. The van der Waals surface area contributed by atoms with Gasteiger partial charge in [-0.3, -0.25) is 0 Å². The minimum Gasteiger partial charge on any atom is -0.329 e. The molecule has 0 amide bonds. The van der Waals surface area contributed by atoms with E-state index in [1.807, 2.05) is 12.5 Å². The van der Waals surface area contributed by atoms with Gasteiger partial charge in [-0.2, -0.15) is 0 Å². The fraction of sp³-hybridized carbons (Fsp3) is 0.583. The Hall–Kier alpha value is -1.09. The molecule has 3 heteroatoms. The van der Waals surface area contributed by atoms with E-state index in [0.717, 1.165) is 12.8 Å². The Morgan fingerprint density at radius 1 is 1.40 bits per heavy atom. The predicted molar refractivity (Wildman–Crippen MR) is 61.4 cm³/mol. The fourth-order valence-corrected chi connectivity index (χ4v) is 2.05. The molecule has 0 aliphatic heterocycles. The lowest BCUT2D eigenvalue weighted by Crippen LogP contribution is -2.21. The minimum atomic E-state index is 0.0908. The molecular weight excluding hydrogens is 186 g/mol. The van der Waals surface area contributed by atoms with Crippen molar-refractivity contribution in [2.24, 2.45) is 11.7 Å². The Morgan fingerprint density at radius 3 is 2.67 bits per heavy atom. The topological polar surface area (TPSA) is 43.8 Å². The molecule has 0 bridgehead atoms. The molecule has 0 aromatic carbocycles. The van der Waals surface area contributed by atoms with Crippen LogP contribution in [0, 0.1) is 5.92 Å². The summed E-state index contributed by atoms with van der Waals surface area (Å²) in [5.74, 6) is 0.454. The van der Waals surface area contributed by atoms with Gasteiger partial charge in [-0.15, -0.1) is 0 Å². The largest absolute Gasteiger partial charge is 0.329 e. The maximum absolute atomic E-state index is 6.17. The normalized spacial score (nSPS) is 18.9. The molecule has 1 unspecified atom stereocenters. The van der Waals surface area contributed by atoms with Crippen molar-refractivity contribution in [2.45, 2.75) is 38.8 Å². The summed E-state index contributed by atoms with van der Waals surface area (Å²) in [6, 6.07) is 0.625. The Balaban J connectivity index is 2.21. The van der Waals surface area contributed by atoms with E-state index in [0.29, 0.717) is 12.0 Å². The smallest absolute Gasteiger partial charge is 0.0951 e. The standard InChI is InChI=1S/C12H19N3/c1-9(2)12(13)11-7-14-8-15(11)10-5-3-4-6-10/h3-4,7-10,12H,5-6,13H2,1-2H3. The zero-order chi connectivity index (χ0) is 10.8. The van der Waals surface area contributed by atoms with Gasteiger partial charge in [0.2, 0.25) is 0 Å². The monoisotopic (exact) mass is 205 g/mol. The van der Waals surface area contributed by atoms with Crippen molar-refractivity contribution in [1.29, 1.82) is 0 Å². The molecule has 2 N–H and O–H groups in total. The van der Waals surface area contributed by atoms with Crippen molar-refractivity contribution < 1.29 is 0 Å². The first-order chi connectivity index (χ1) is 7.20. The maximum Gasteiger partial charge on any atom is 0.0951 e. The molecule has 2 rings (SSSR count). The van der Waals surface area contributed by atoms with Crippen LogP contribution in [0.2, 0.25) is 0 Å². The molecular formula is C12H19N3. The van der Waals surface area contributed by atoms with Gasteiger partial charge in [-0.25, -0.2) is 4.98 Å². The van der Waals surface area contributed by atoms with Crippen molar-refractivity contribution in [2.75, 3.05) is 0 Å². The first-order valence-corrected chi connectivity index (χ1v) is 5.62. The lowest BCUT2D eigenvalue weighted by molar-refractivity contribution is 0.443. The van der Waals surface area contributed by atoms with Gasteiger partial charge in [0.15, 0.2) is 0 Å². The van der Waals surface area contributed by atoms with Crippen molar-refractivity contribution in [3.63, 3.8) is 0 Å². The highest BCUT2D eigenvalue weighted by molar-refractivity contribution is 5.10. The number of nitrogens with zero attached hydrogens (tertiary/aromatic N) is 2. The van der Waals surface area contributed by atoms with Crippen LogP contribution in [0.3, 0.4) is 0 Å². The van der Waals surface area contributed by atoms with Gasteiger partial charge in [0, 0.05) is 18.3 Å². The van der Waals surface area contributed by atoms with Crippen LogP contribution in [0.4, 0.5) is 0 Å². The van der Waals surface area contributed by atoms with Crippen LogP contribution in [0.5, 0.6) is 0 Å². The van der Waals surface area contributed by atoms with E-state index in [1.165, 1.54) is 5.69 Å². The quantitative estimate of drug-likeness (QED) is 0.770. The van der Waals surface area contributed by atoms with Gasteiger partial charge in [-0.05, 0) is 18.8 Å². The highest BCUT2D eigenvalue weighted by atomic mass is 15.1. The summed E-state index contributed by atoms with van der Waals surface area (Å²) in [4.78, 5) is 4.23. The molecule has 1 heterocycles. The molecule has 0 fully saturated rings. The number of aromatic nitrogens is 2. The summed E-state index contributed by atoms with van der Waals surface area (Å²) in [5.41, 5.74) is 7.33. The van der Waals surface area contributed by atoms with Crippen molar-refractivity contribution in [1.82, 2.24) is 9.55 Å². The third-order valence-corrected chi connectivity index (χ3v) is 3.13. The van der Waals surface area contributed by atoms with E-state index in [1.54, 1.807) is 0 Å². The second-order valence-electron chi connectivity index (χ2n) is 4.59. The Labute approximate surface area is 91.0 Å². The van der Waals surface area contributed by atoms with Crippen LogP contribution < -0.4 is 5.73 Å². The molecule has 15 heavy (non-hydrogen) atoms. The molecule has 1 atom stereocenters. The van der Waals surface area contributed by atoms with Gasteiger partial charge in [0.1, 0.15) is 0 Å². The Morgan fingerprint density at radius 2 is 2.07 bits per heavy atom. The first-order valence-electron chi connectivity index (χ1n) is 5.62. The van der Waals surface area contributed by atoms with Gasteiger partial charge in [-0.1, -0.05) is 26.0 Å². The Bertz CT molecular complexity index is 327. The number of hydrogen-bond donors (Lipinski definition) is 1. The third-order valence-electron chi connectivity index (χ3n) is 3.13. The van der Waals surface area contributed by atoms with Crippen LogP contribution in [0.1, 0.15) is 44.5 Å². The molecule has 0 saturated heterocycles. The average Bonchev–Trinajstić information content (AvgIpc) is 2.86. The van der Waals surface area contributed by atoms with Crippen LogP contribution in [0.15, 0.2) is 24.7 Å². The number of rotatable bonds is 3. The van der Waals surface area contributed by atoms with E-state index in [9.17, 15) is 0 Å². The van der Waals surface area contributed by atoms with Crippen molar-refractivity contribution in [3.8, 4) is 0 Å². The molecule has 1 aromatic rings. The number of nitrogens with two attached hydrogens (primary N) is 1. The van der Waals surface area contributed by atoms with Crippen LogP contribution >= 0.6 is 0 Å². The molecule has 0 saturated carbocycles. The molecule has 0 spiro atoms. The SMILES string of the molecule is CC(C)C(N)c1cncn1C1CC=CC1. The molecule has 1 aromatic heterocycles. The molecule has 1 aliphatic rings. The van der Waals surface area contributed by atoms with E-state index >= 15 is 0 Å². The highest BCUT2D eigenvalue weighted by Crippen LogP contribution is 2.28. The summed E-state index contributed by atoms with van der Waals surface area (Å²) in [6.07, 6.45) is 10.5. The van der Waals surface area contributed by atoms with Gasteiger partial charge < -0.3 is 10.3 Å². The minimum absolute atomic E-state index is 0.0908. The number of imidazole rings is 1. The Kier molecular flexibility index (Phi) is 2.91. The molecule has 3 nitrogen and oxygen atoms in total. The summed E-state index contributed by atoms with van der Waals surface area (Å²) in [7, 11) is 0. The van der Waals surface area contributed by atoms with E-state index in [-0.39, 0.29) is 6.04 Å². The van der Waals surface area contributed by atoms with E-state index in [4.69, 9.17) is 5.73 Å². The van der Waals surface area contributed by atoms with Crippen LogP contribution in [0.25, 0.3) is 0 Å². The lowest BCUT2D eigenvalue weighted by atomic mass is 10.0. The fourth-order valence-electron chi connectivity index (χ4n) is 2.05.